The second-order valence-electron chi connectivity index (χ2n) is 18.1. The van der Waals surface area contributed by atoms with E-state index in [0.717, 1.165) is 69.6 Å². The number of unbranched alkanes of at least 4 members (excludes halogenated alkanes) is 29. The highest BCUT2D eigenvalue weighted by molar-refractivity contribution is 5.71. The largest absolute Gasteiger partial charge is 0.462 e. The zero-order valence-electron chi connectivity index (χ0n) is 38.3. The van der Waals surface area contributed by atoms with Gasteiger partial charge in [0.05, 0.1) is 0 Å². The van der Waals surface area contributed by atoms with Crippen molar-refractivity contribution in [2.75, 3.05) is 13.2 Å². The van der Waals surface area contributed by atoms with Crippen molar-refractivity contribution in [3.8, 4) is 0 Å². The Hall–Kier alpha value is -1.59. The van der Waals surface area contributed by atoms with Gasteiger partial charge >= 0.3 is 17.9 Å². The fourth-order valence-corrected chi connectivity index (χ4v) is 7.46. The summed E-state index contributed by atoms with van der Waals surface area (Å²) in [6.45, 7) is 11.3. The van der Waals surface area contributed by atoms with Gasteiger partial charge in [0.2, 0.25) is 0 Å². The van der Waals surface area contributed by atoms with Gasteiger partial charge in [0.1, 0.15) is 13.2 Å². The first-order valence-corrected chi connectivity index (χ1v) is 24.7. The van der Waals surface area contributed by atoms with Gasteiger partial charge in [-0.2, -0.15) is 0 Å². The molecule has 6 nitrogen and oxygen atoms in total. The summed E-state index contributed by atoms with van der Waals surface area (Å²) in [7, 11) is 0. The Kier molecular flexibility index (Phi) is 41.8. The summed E-state index contributed by atoms with van der Waals surface area (Å²) in [4.78, 5) is 37.7. The second-order valence-corrected chi connectivity index (χ2v) is 18.1. The predicted molar refractivity (Wildman–Crippen MR) is 238 cm³/mol. The molecule has 0 unspecified atom stereocenters. The van der Waals surface area contributed by atoms with E-state index in [9.17, 15) is 14.4 Å². The normalized spacial score (nSPS) is 12.1. The molecule has 0 aromatic heterocycles. The monoisotopic (exact) mass is 793 g/mol. The minimum absolute atomic E-state index is 0.0644. The van der Waals surface area contributed by atoms with Crippen LogP contribution in [0.3, 0.4) is 0 Å². The highest BCUT2D eigenvalue weighted by Crippen LogP contribution is 2.17. The third kappa shape index (κ3) is 43.5. The molecular weight excluding hydrogens is 697 g/mol. The Morgan fingerprint density at radius 1 is 0.339 bits per heavy atom. The van der Waals surface area contributed by atoms with E-state index in [1.54, 1.807) is 0 Å². The van der Waals surface area contributed by atoms with Crippen LogP contribution in [0, 0.1) is 11.8 Å². The molecule has 0 aliphatic rings. The number of hydrogen-bond acceptors (Lipinski definition) is 6. The van der Waals surface area contributed by atoms with E-state index in [4.69, 9.17) is 14.2 Å². The molecule has 0 aromatic rings. The fourth-order valence-electron chi connectivity index (χ4n) is 7.46. The van der Waals surface area contributed by atoms with Crippen molar-refractivity contribution in [2.24, 2.45) is 11.8 Å². The second kappa shape index (κ2) is 43.0. The highest BCUT2D eigenvalue weighted by Gasteiger charge is 2.19. The third-order valence-electron chi connectivity index (χ3n) is 11.2. The van der Waals surface area contributed by atoms with E-state index >= 15 is 0 Å². The molecule has 0 bridgehead atoms. The first kappa shape index (κ1) is 54.4. The Morgan fingerprint density at radius 3 is 0.875 bits per heavy atom. The zero-order valence-corrected chi connectivity index (χ0v) is 38.3. The first-order valence-electron chi connectivity index (χ1n) is 24.7. The standard InChI is InChI=1S/C50H96O6/c1-6-7-8-9-23-30-35-40-48(51)54-43-47(44-55-49(52)41-36-31-26-21-18-14-16-20-25-29-34-39-46(4)5)56-50(53)42-37-32-27-22-17-13-11-10-12-15-19-24-28-33-38-45(2)3/h45-47H,6-44H2,1-5H3/t47-/m0/s1. The molecular formula is C50H96O6. The molecule has 0 saturated carbocycles. The lowest BCUT2D eigenvalue weighted by Crippen LogP contribution is -2.30. The number of carbonyl (C=O) groups is 3. The molecule has 0 fully saturated rings. The Balaban J connectivity index is 4.22. The summed E-state index contributed by atoms with van der Waals surface area (Å²) in [5.41, 5.74) is 0. The van der Waals surface area contributed by atoms with Crippen LogP contribution in [0.1, 0.15) is 272 Å². The average molecular weight is 793 g/mol. The van der Waals surface area contributed by atoms with Crippen molar-refractivity contribution < 1.29 is 28.6 Å². The van der Waals surface area contributed by atoms with Gasteiger partial charge in [0.25, 0.3) is 0 Å². The van der Waals surface area contributed by atoms with E-state index in [1.807, 2.05) is 0 Å². The van der Waals surface area contributed by atoms with E-state index in [2.05, 4.69) is 34.6 Å². The van der Waals surface area contributed by atoms with Crippen LogP contribution >= 0.6 is 0 Å². The molecule has 0 N–H and O–H groups in total. The summed E-state index contributed by atoms with van der Waals surface area (Å²) in [5, 5.41) is 0. The maximum absolute atomic E-state index is 12.7. The van der Waals surface area contributed by atoms with E-state index in [-0.39, 0.29) is 31.1 Å². The van der Waals surface area contributed by atoms with Crippen LogP contribution in [-0.4, -0.2) is 37.2 Å². The molecule has 1 atom stereocenters. The molecule has 0 saturated heterocycles. The summed E-state index contributed by atoms with van der Waals surface area (Å²) in [6, 6.07) is 0. The Labute approximate surface area is 348 Å². The van der Waals surface area contributed by atoms with Gasteiger partial charge in [0.15, 0.2) is 6.10 Å². The number of esters is 3. The topological polar surface area (TPSA) is 78.9 Å². The van der Waals surface area contributed by atoms with Crippen molar-refractivity contribution in [1.82, 2.24) is 0 Å². The predicted octanol–water partition coefficient (Wildman–Crippen LogP) is 15.8. The molecule has 0 aliphatic heterocycles. The quantitative estimate of drug-likeness (QED) is 0.0347. The summed E-state index contributed by atoms with van der Waals surface area (Å²) >= 11 is 0. The molecule has 0 rings (SSSR count). The van der Waals surface area contributed by atoms with Crippen molar-refractivity contribution >= 4 is 17.9 Å². The Morgan fingerprint density at radius 2 is 0.589 bits per heavy atom. The molecule has 0 aliphatic carbocycles. The molecule has 0 radical (unpaired) electrons. The molecule has 0 spiro atoms. The van der Waals surface area contributed by atoms with Crippen LogP contribution in [0.2, 0.25) is 0 Å². The van der Waals surface area contributed by atoms with Gasteiger partial charge in [-0.25, -0.2) is 0 Å². The smallest absolute Gasteiger partial charge is 0.306 e. The van der Waals surface area contributed by atoms with E-state index in [0.29, 0.717) is 19.3 Å². The number of ether oxygens (including phenoxy) is 3. The fraction of sp³-hybridized carbons (Fsp3) is 0.940. The lowest BCUT2D eigenvalue weighted by molar-refractivity contribution is -0.167. The van der Waals surface area contributed by atoms with Crippen molar-refractivity contribution in [3.05, 3.63) is 0 Å². The van der Waals surface area contributed by atoms with Crippen LogP contribution in [0.25, 0.3) is 0 Å². The zero-order chi connectivity index (χ0) is 41.2. The molecule has 6 heteroatoms. The molecule has 0 aromatic carbocycles. The summed E-state index contributed by atoms with van der Waals surface area (Å²) in [5.74, 6) is 0.813. The van der Waals surface area contributed by atoms with Crippen LogP contribution in [-0.2, 0) is 28.6 Å². The van der Waals surface area contributed by atoms with Gasteiger partial charge < -0.3 is 14.2 Å². The molecule has 0 heterocycles. The Bertz CT molecular complexity index is 854. The minimum atomic E-state index is -0.760. The number of rotatable bonds is 44. The average Bonchev–Trinajstić information content (AvgIpc) is 3.16. The van der Waals surface area contributed by atoms with Crippen LogP contribution in [0.4, 0.5) is 0 Å². The third-order valence-corrected chi connectivity index (χ3v) is 11.2. The van der Waals surface area contributed by atoms with E-state index < -0.39 is 6.10 Å². The van der Waals surface area contributed by atoms with Crippen molar-refractivity contribution in [2.45, 2.75) is 278 Å². The minimum Gasteiger partial charge on any atom is -0.462 e. The molecule has 56 heavy (non-hydrogen) atoms. The lowest BCUT2D eigenvalue weighted by Gasteiger charge is -2.18. The number of hydrogen-bond donors (Lipinski definition) is 0. The summed E-state index contributed by atoms with van der Waals surface area (Å²) in [6.07, 6.45) is 42.4. The first-order chi connectivity index (χ1) is 27.2. The van der Waals surface area contributed by atoms with Crippen LogP contribution in [0.5, 0.6) is 0 Å². The highest BCUT2D eigenvalue weighted by atomic mass is 16.6. The van der Waals surface area contributed by atoms with Gasteiger partial charge in [-0.1, -0.05) is 234 Å². The van der Waals surface area contributed by atoms with Gasteiger partial charge in [0, 0.05) is 19.3 Å². The summed E-state index contributed by atoms with van der Waals surface area (Å²) < 4.78 is 16.7. The van der Waals surface area contributed by atoms with Gasteiger partial charge in [-0.05, 0) is 31.1 Å². The van der Waals surface area contributed by atoms with Gasteiger partial charge in [-0.15, -0.1) is 0 Å². The van der Waals surface area contributed by atoms with Gasteiger partial charge in [-0.3, -0.25) is 14.4 Å². The maximum atomic E-state index is 12.7. The molecule has 332 valence electrons. The maximum Gasteiger partial charge on any atom is 0.306 e. The number of carbonyl (C=O) groups excluding carboxylic acids is 3. The SMILES string of the molecule is CCCCCCCCCC(=O)OC[C@@H](COC(=O)CCCCCCCCCCCCCC(C)C)OC(=O)CCCCCCCCCCCCCCCCC(C)C. The van der Waals surface area contributed by atoms with Crippen LogP contribution in [0.15, 0.2) is 0 Å². The van der Waals surface area contributed by atoms with Crippen LogP contribution < -0.4 is 0 Å². The lowest BCUT2D eigenvalue weighted by atomic mass is 10.0. The van der Waals surface area contributed by atoms with E-state index in [1.165, 1.54) is 161 Å². The van der Waals surface area contributed by atoms with Crippen molar-refractivity contribution in [1.29, 1.82) is 0 Å². The van der Waals surface area contributed by atoms with Crippen molar-refractivity contribution in [3.63, 3.8) is 0 Å². The molecule has 0 amide bonds.